The van der Waals surface area contributed by atoms with Gasteiger partial charge in [-0.25, -0.2) is 8.42 Å². The minimum atomic E-state index is -3.10. The summed E-state index contributed by atoms with van der Waals surface area (Å²) in [6.45, 7) is 6.50. The van der Waals surface area contributed by atoms with Gasteiger partial charge in [-0.1, -0.05) is 32.4 Å². The number of nitrogens with one attached hydrogen (secondary N) is 1. The Kier molecular flexibility index (Phi) is 6.01. The third-order valence-electron chi connectivity index (χ3n) is 3.42. The number of benzene rings is 1. The molecule has 0 bridgehead atoms. The zero-order chi connectivity index (χ0) is 14.5. The number of hydrogen-bond acceptors (Lipinski definition) is 3. The third-order valence-corrected chi connectivity index (χ3v) is 4.55. The molecule has 1 N–H and O–H groups in total. The second-order valence-electron chi connectivity index (χ2n) is 5.12. The SMILES string of the molecule is CCCC(CC)NC(C)c1ccc(S(C)(=O)=O)cc1. The zero-order valence-electron chi connectivity index (χ0n) is 12.3. The van der Waals surface area contributed by atoms with E-state index in [1.54, 1.807) is 12.1 Å². The van der Waals surface area contributed by atoms with Gasteiger partial charge in [0.2, 0.25) is 0 Å². The average molecular weight is 283 g/mol. The quantitative estimate of drug-likeness (QED) is 0.835. The highest BCUT2D eigenvalue weighted by Gasteiger charge is 2.12. The zero-order valence-corrected chi connectivity index (χ0v) is 13.1. The normalized spacial score (nSPS) is 15.2. The Bertz CT molecular complexity index is 479. The predicted octanol–water partition coefficient (Wildman–Crippen LogP) is 3.32. The van der Waals surface area contributed by atoms with E-state index in [0.717, 1.165) is 12.0 Å². The van der Waals surface area contributed by atoms with E-state index in [-0.39, 0.29) is 6.04 Å². The number of hydrogen-bond donors (Lipinski definition) is 1. The molecule has 2 unspecified atom stereocenters. The molecule has 1 aromatic carbocycles. The van der Waals surface area contributed by atoms with Gasteiger partial charge in [-0.3, -0.25) is 0 Å². The molecular formula is C15H25NO2S. The second-order valence-corrected chi connectivity index (χ2v) is 7.14. The Labute approximate surface area is 117 Å². The van der Waals surface area contributed by atoms with Gasteiger partial charge in [-0.15, -0.1) is 0 Å². The topological polar surface area (TPSA) is 46.2 Å². The van der Waals surface area contributed by atoms with E-state index in [2.05, 4.69) is 26.1 Å². The summed E-state index contributed by atoms with van der Waals surface area (Å²) in [5.74, 6) is 0. The third kappa shape index (κ3) is 4.96. The van der Waals surface area contributed by atoms with Crippen LogP contribution in [0.4, 0.5) is 0 Å². The Morgan fingerprint density at radius 3 is 2.16 bits per heavy atom. The summed E-state index contributed by atoms with van der Waals surface area (Å²) in [6.07, 6.45) is 4.69. The summed E-state index contributed by atoms with van der Waals surface area (Å²) in [5, 5.41) is 3.59. The van der Waals surface area contributed by atoms with Gasteiger partial charge in [0.1, 0.15) is 0 Å². The molecule has 0 saturated heterocycles. The Morgan fingerprint density at radius 1 is 1.16 bits per heavy atom. The lowest BCUT2D eigenvalue weighted by Gasteiger charge is -2.22. The maximum absolute atomic E-state index is 11.4. The molecule has 2 atom stereocenters. The lowest BCUT2D eigenvalue weighted by molar-refractivity contribution is 0.417. The van der Waals surface area contributed by atoms with Gasteiger partial charge in [0.05, 0.1) is 4.90 Å². The van der Waals surface area contributed by atoms with E-state index in [1.807, 2.05) is 12.1 Å². The van der Waals surface area contributed by atoms with Gasteiger partial charge in [0.15, 0.2) is 9.84 Å². The average Bonchev–Trinajstić information content (AvgIpc) is 2.37. The van der Waals surface area contributed by atoms with Crippen molar-refractivity contribution in [1.82, 2.24) is 5.32 Å². The van der Waals surface area contributed by atoms with Crippen LogP contribution in [0.5, 0.6) is 0 Å². The fourth-order valence-electron chi connectivity index (χ4n) is 2.21. The van der Waals surface area contributed by atoms with Crippen LogP contribution in [-0.2, 0) is 9.84 Å². The summed E-state index contributed by atoms with van der Waals surface area (Å²) in [6, 6.07) is 7.92. The van der Waals surface area contributed by atoms with Crippen molar-refractivity contribution in [2.45, 2.75) is 57.0 Å². The predicted molar refractivity (Wildman–Crippen MR) is 80.1 cm³/mol. The lowest BCUT2D eigenvalue weighted by Crippen LogP contribution is -2.30. The maximum atomic E-state index is 11.4. The molecule has 0 fully saturated rings. The van der Waals surface area contributed by atoms with E-state index >= 15 is 0 Å². The number of sulfone groups is 1. The molecule has 0 spiro atoms. The lowest BCUT2D eigenvalue weighted by atomic mass is 10.0. The molecule has 0 amide bonds. The van der Waals surface area contributed by atoms with Crippen LogP contribution in [0.3, 0.4) is 0 Å². The molecule has 3 nitrogen and oxygen atoms in total. The van der Waals surface area contributed by atoms with Crippen molar-refractivity contribution in [1.29, 1.82) is 0 Å². The molecule has 0 aliphatic heterocycles. The molecule has 0 aliphatic carbocycles. The molecule has 4 heteroatoms. The van der Waals surface area contributed by atoms with Crippen LogP contribution in [0.2, 0.25) is 0 Å². The van der Waals surface area contributed by atoms with Crippen molar-refractivity contribution in [3.63, 3.8) is 0 Å². The highest BCUT2D eigenvalue weighted by Crippen LogP contribution is 2.18. The molecular weight excluding hydrogens is 258 g/mol. The first-order chi connectivity index (χ1) is 8.88. The van der Waals surface area contributed by atoms with Crippen LogP contribution < -0.4 is 5.32 Å². The fourth-order valence-corrected chi connectivity index (χ4v) is 2.84. The maximum Gasteiger partial charge on any atom is 0.175 e. The Morgan fingerprint density at radius 2 is 1.74 bits per heavy atom. The number of rotatable bonds is 7. The summed E-state index contributed by atoms with van der Waals surface area (Å²) in [7, 11) is -3.10. The van der Waals surface area contributed by atoms with Gasteiger partial charge >= 0.3 is 0 Å². The molecule has 0 radical (unpaired) electrons. The van der Waals surface area contributed by atoms with Crippen molar-refractivity contribution in [2.75, 3.05) is 6.26 Å². The summed E-state index contributed by atoms with van der Waals surface area (Å²) >= 11 is 0. The molecule has 0 aliphatic rings. The standard InChI is InChI=1S/C15H25NO2S/c1-5-7-14(6-2)16-12(3)13-8-10-15(11-9-13)19(4,17)18/h8-12,14,16H,5-7H2,1-4H3. The molecule has 0 heterocycles. The van der Waals surface area contributed by atoms with Crippen molar-refractivity contribution >= 4 is 9.84 Å². The summed E-state index contributed by atoms with van der Waals surface area (Å²) in [5.41, 5.74) is 1.13. The van der Waals surface area contributed by atoms with Crippen molar-refractivity contribution in [2.24, 2.45) is 0 Å². The van der Waals surface area contributed by atoms with Crippen molar-refractivity contribution < 1.29 is 8.42 Å². The summed E-state index contributed by atoms with van der Waals surface area (Å²) in [4.78, 5) is 0.379. The van der Waals surface area contributed by atoms with E-state index in [9.17, 15) is 8.42 Å². The van der Waals surface area contributed by atoms with E-state index in [1.165, 1.54) is 19.1 Å². The highest BCUT2D eigenvalue weighted by atomic mass is 32.2. The first-order valence-electron chi connectivity index (χ1n) is 6.94. The van der Waals surface area contributed by atoms with Crippen LogP contribution in [0.15, 0.2) is 29.2 Å². The minimum absolute atomic E-state index is 0.241. The van der Waals surface area contributed by atoms with Crippen molar-refractivity contribution in [3.8, 4) is 0 Å². The molecule has 108 valence electrons. The molecule has 0 aromatic heterocycles. The van der Waals surface area contributed by atoms with Crippen LogP contribution in [0.25, 0.3) is 0 Å². The van der Waals surface area contributed by atoms with E-state index in [0.29, 0.717) is 10.9 Å². The highest BCUT2D eigenvalue weighted by molar-refractivity contribution is 7.90. The van der Waals surface area contributed by atoms with E-state index < -0.39 is 9.84 Å². The molecule has 19 heavy (non-hydrogen) atoms. The Balaban J connectivity index is 2.75. The minimum Gasteiger partial charge on any atom is -0.307 e. The van der Waals surface area contributed by atoms with Gasteiger partial charge in [0.25, 0.3) is 0 Å². The van der Waals surface area contributed by atoms with Crippen LogP contribution in [-0.4, -0.2) is 20.7 Å². The van der Waals surface area contributed by atoms with E-state index in [4.69, 9.17) is 0 Å². The monoisotopic (exact) mass is 283 g/mol. The van der Waals surface area contributed by atoms with Gasteiger partial charge in [-0.05, 0) is 37.5 Å². The smallest absolute Gasteiger partial charge is 0.175 e. The molecule has 0 saturated carbocycles. The van der Waals surface area contributed by atoms with Gasteiger partial charge in [-0.2, -0.15) is 0 Å². The first kappa shape index (κ1) is 16.2. The fraction of sp³-hybridized carbons (Fsp3) is 0.600. The van der Waals surface area contributed by atoms with Crippen molar-refractivity contribution in [3.05, 3.63) is 29.8 Å². The largest absolute Gasteiger partial charge is 0.307 e. The van der Waals surface area contributed by atoms with Crippen LogP contribution in [0, 0.1) is 0 Å². The second kappa shape index (κ2) is 7.06. The molecule has 1 rings (SSSR count). The first-order valence-corrected chi connectivity index (χ1v) is 8.83. The van der Waals surface area contributed by atoms with Crippen LogP contribution >= 0.6 is 0 Å². The van der Waals surface area contributed by atoms with Crippen LogP contribution in [0.1, 0.15) is 51.6 Å². The molecule has 1 aromatic rings. The van der Waals surface area contributed by atoms with Gasteiger partial charge in [0, 0.05) is 18.3 Å². The van der Waals surface area contributed by atoms with Gasteiger partial charge < -0.3 is 5.32 Å². The Hall–Kier alpha value is -0.870. The summed E-state index contributed by atoms with van der Waals surface area (Å²) < 4.78 is 22.8.